The van der Waals surface area contributed by atoms with Crippen LogP contribution in [0.3, 0.4) is 0 Å². The predicted molar refractivity (Wildman–Crippen MR) is 65.0 cm³/mol. The van der Waals surface area contributed by atoms with Gasteiger partial charge in [0.05, 0.1) is 6.73 Å². The molecule has 0 unspecified atom stereocenters. The highest BCUT2D eigenvalue weighted by atomic mass is 16.3. The Morgan fingerprint density at radius 1 is 0.938 bits per heavy atom. The van der Waals surface area contributed by atoms with Crippen molar-refractivity contribution in [2.75, 3.05) is 32.9 Å². The van der Waals surface area contributed by atoms with Crippen LogP contribution in [0.2, 0.25) is 0 Å². The molecule has 1 fully saturated rings. The van der Waals surface area contributed by atoms with Gasteiger partial charge in [-0.25, -0.2) is 0 Å². The molecule has 1 aromatic carbocycles. The topological polar surface area (TPSA) is 26.7 Å². The van der Waals surface area contributed by atoms with Crippen LogP contribution in [0.15, 0.2) is 30.3 Å². The third-order valence-corrected chi connectivity index (χ3v) is 3.13. The number of hydrogen-bond donors (Lipinski definition) is 1. The minimum Gasteiger partial charge on any atom is -0.381 e. The average molecular weight is 220 g/mol. The molecule has 88 valence electrons. The quantitative estimate of drug-likeness (QED) is 0.827. The standard InChI is InChI=1S/C13H20N2O/c16-12-15-8-4-7-14(9-10-15)11-13-5-2-1-3-6-13/h1-3,5-6,16H,4,7-12H2. The van der Waals surface area contributed by atoms with E-state index in [0.29, 0.717) is 0 Å². The predicted octanol–water partition coefficient (Wildman–Crippen LogP) is 1.14. The van der Waals surface area contributed by atoms with E-state index in [-0.39, 0.29) is 6.73 Å². The first-order chi connectivity index (χ1) is 7.88. The summed E-state index contributed by atoms with van der Waals surface area (Å²) in [6.07, 6.45) is 1.15. The molecule has 0 saturated carbocycles. The van der Waals surface area contributed by atoms with Gasteiger partial charge in [-0.3, -0.25) is 9.80 Å². The number of nitrogens with zero attached hydrogens (tertiary/aromatic N) is 2. The highest BCUT2D eigenvalue weighted by Gasteiger charge is 2.13. The van der Waals surface area contributed by atoms with E-state index in [1.807, 2.05) is 0 Å². The van der Waals surface area contributed by atoms with Gasteiger partial charge in [-0.2, -0.15) is 0 Å². The molecule has 0 aromatic heterocycles. The zero-order chi connectivity index (χ0) is 11.2. The summed E-state index contributed by atoms with van der Waals surface area (Å²) in [5.74, 6) is 0. The minimum atomic E-state index is 0.194. The van der Waals surface area contributed by atoms with Gasteiger partial charge in [0.1, 0.15) is 0 Å². The zero-order valence-corrected chi connectivity index (χ0v) is 9.68. The number of aliphatic hydroxyl groups excluding tert-OH is 1. The molecule has 0 atom stereocenters. The Morgan fingerprint density at radius 3 is 2.38 bits per heavy atom. The van der Waals surface area contributed by atoms with Crippen LogP contribution in [0.25, 0.3) is 0 Å². The second-order valence-electron chi connectivity index (χ2n) is 4.37. The Bertz CT molecular complexity index is 302. The second-order valence-corrected chi connectivity index (χ2v) is 4.37. The Morgan fingerprint density at radius 2 is 1.62 bits per heavy atom. The second kappa shape index (κ2) is 5.99. The Labute approximate surface area is 97.3 Å². The van der Waals surface area contributed by atoms with Crippen molar-refractivity contribution in [1.29, 1.82) is 0 Å². The largest absolute Gasteiger partial charge is 0.381 e. The fourth-order valence-corrected chi connectivity index (χ4v) is 2.17. The summed E-state index contributed by atoms with van der Waals surface area (Å²) in [5.41, 5.74) is 1.37. The number of aliphatic hydroxyl groups is 1. The highest BCUT2D eigenvalue weighted by molar-refractivity contribution is 5.14. The lowest BCUT2D eigenvalue weighted by Gasteiger charge is -2.20. The van der Waals surface area contributed by atoms with Crippen molar-refractivity contribution in [3.8, 4) is 0 Å². The maximum atomic E-state index is 9.10. The molecule has 0 amide bonds. The summed E-state index contributed by atoms with van der Waals surface area (Å²) >= 11 is 0. The minimum absolute atomic E-state index is 0.194. The van der Waals surface area contributed by atoms with E-state index >= 15 is 0 Å². The van der Waals surface area contributed by atoms with Gasteiger partial charge in [-0.05, 0) is 18.5 Å². The SMILES string of the molecule is OCN1CCCN(Cc2ccccc2)CC1. The van der Waals surface area contributed by atoms with E-state index in [2.05, 4.69) is 40.1 Å². The Hall–Kier alpha value is -0.900. The van der Waals surface area contributed by atoms with Crippen molar-refractivity contribution in [2.45, 2.75) is 13.0 Å². The van der Waals surface area contributed by atoms with Crippen LogP contribution in [0.5, 0.6) is 0 Å². The number of rotatable bonds is 3. The van der Waals surface area contributed by atoms with Gasteiger partial charge >= 0.3 is 0 Å². The molecule has 0 aliphatic carbocycles. The summed E-state index contributed by atoms with van der Waals surface area (Å²) in [4.78, 5) is 4.57. The van der Waals surface area contributed by atoms with Gasteiger partial charge in [0.25, 0.3) is 0 Å². The molecule has 1 aliphatic heterocycles. The third kappa shape index (κ3) is 3.30. The van der Waals surface area contributed by atoms with E-state index in [1.54, 1.807) is 0 Å². The van der Waals surface area contributed by atoms with Crippen molar-refractivity contribution < 1.29 is 5.11 Å². The molecule has 1 aliphatic rings. The van der Waals surface area contributed by atoms with E-state index in [0.717, 1.165) is 39.1 Å². The van der Waals surface area contributed by atoms with E-state index in [1.165, 1.54) is 5.56 Å². The van der Waals surface area contributed by atoms with Gasteiger partial charge in [0, 0.05) is 26.2 Å². The van der Waals surface area contributed by atoms with Gasteiger partial charge in [0.15, 0.2) is 0 Å². The van der Waals surface area contributed by atoms with Crippen LogP contribution < -0.4 is 0 Å². The van der Waals surface area contributed by atoms with Crippen molar-refractivity contribution in [3.05, 3.63) is 35.9 Å². The van der Waals surface area contributed by atoms with Gasteiger partial charge < -0.3 is 5.11 Å². The maximum Gasteiger partial charge on any atom is 0.0956 e. The summed E-state index contributed by atoms with van der Waals surface area (Å²) < 4.78 is 0. The van der Waals surface area contributed by atoms with Crippen LogP contribution in [0, 0.1) is 0 Å². The van der Waals surface area contributed by atoms with E-state index in [9.17, 15) is 0 Å². The smallest absolute Gasteiger partial charge is 0.0956 e. The molecule has 16 heavy (non-hydrogen) atoms. The molecule has 1 N–H and O–H groups in total. The fourth-order valence-electron chi connectivity index (χ4n) is 2.17. The lowest BCUT2D eigenvalue weighted by molar-refractivity contribution is 0.110. The molecule has 1 heterocycles. The lowest BCUT2D eigenvalue weighted by atomic mass is 10.2. The van der Waals surface area contributed by atoms with Crippen LogP contribution in [-0.4, -0.2) is 47.8 Å². The zero-order valence-electron chi connectivity index (χ0n) is 9.68. The molecule has 2 rings (SSSR count). The van der Waals surface area contributed by atoms with Crippen molar-refractivity contribution in [2.24, 2.45) is 0 Å². The first-order valence-corrected chi connectivity index (χ1v) is 5.98. The maximum absolute atomic E-state index is 9.10. The van der Waals surface area contributed by atoms with Gasteiger partial charge in [-0.1, -0.05) is 30.3 Å². The molecule has 0 bridgehead atoms. The molecular formula is C13H20N2O. The number of benzene rings is 1. The first-order valence-electron chi connectivity index (χ1n) is 5.98. The Balaban J connectivity index is 1.86. The average Bonchev–Trinajstić information content (AvgIpc) is 2.56. The van der Waals surface area contributed by atoms with Crippen molar-refractivity contribution >= 4 is 0 Å². The highest BCUT2D eigenvalue weighted by Crippen LogP contribution is 2.08. The summed E-state index contributed by atoms with van der Waals surface area (Å²) in [6.45, 7) is 5.39. The molecule has 1 aromatic rings. The van der Waals surface area contributed by atoms with Crippen molar-refractivity contribution in [3.63, 3.8) is 0 Å². The van der Waals surface area contributed by atoms with Crippen LogP contribution in [0.1, 0.15) is 12.0 Å². The molecule has 0 radical (unpaired) electrons. The number of hydrogen-bond acceptors (Lipinski definition) is 3. The van der Waals surface area contributed by atoms with Gasteiger partial charge in [0.2, 0.25) is 0 Å². The lowest BCUT2D eigenvalue weighted by Crippen LogP contribution is -2.31. The van der Waals surface area contributed by atoms with Crippen LogP contribution in [-0.2, 0) is 6.54 Å². The monoisotopic (exact) mass is 220 g/mol. The van der Waals surface area contributed by atoms with E-state index in [4.69, 9.17) is 5.11 Å². The van der Waals surface area contributed by atoms with E-state index < -0.39 is 0 Å². The molecule has 1 saturated heterocycles. The first kappa shape index (κ1) is 11.6. The van der Waals surface area contributed by atoms with Crippen LogP contribution >= 0.6 is 0 Å². The molecule has 0 spiro atoms. The summed E-state index contributed by atoms with van der Waals surface area (Å²) in [7, 11) is 0. The van der Waals surface area contributed by atoms with Crippen LogP contribution in [0.4, 0.5) is 0 Å². The van der Waals surface area contributed by atoms with Gasteiger partial charge in [-0.15, -0.1) is 0 Å². The molecular weight excluding hydrogens is 200 g/mol. The molecule has 3 nitrogen and oxygen atoms in total. The fraction of sp³-hybridized carbons (Fsp3) is 0.538. The third-order valence-electron chi connectivity index (χ3n) is 3.13. The normalized spacial score (nSPS) is 19.6. The van der Waals surface area contributed by atoms with Crippen molar-refractivity contribution in [1.82, 2.24) is 9.80 Å². The summed E-state index contributed by atoms with van der Waals surface area (Å²) in [6, 6.07) is 10.6. The Kier molecular flexibility index (Phi) is 4.34. The molecule has 3 heteroatoms. The summed E-state index contributed by atoms with van der Waals surface area (Å²) in [5, 5.41) is 9.10.